The Hall–Kier alpha value is 0.543. The molecular weight excluding hydrogens is 229 g/mol. The summed E-state index contributed by atoms with van der Waals surface area (Å²) < 4.78 is 0. The number of hydrogen-bond donors (Lipinski definition) is 0. The van der Waals surface area contributed by atoms with Gasteiger partial charge < -0.3 is 0 Å². The minimum atomic E-state index is -1.19. The first-order valence-corrected chi connectivity index (χ1v) is 14.3. The zero-order chi connectivity index (χ0) is 10.9. The maximum absolute atomic E-state index is 2.53. The van der Waals surface area contributed by atoms with Crippen molar-refractivity contribution in [2.45, 2.75) is 80.8 Å². The number of hydrogen-bond acceptors (Lipinski definition) is 0. The molecule has 0 rings (SSSR count). The van der Waals surface area contributed by atoms with Gasteiger partial charge in [0, 0.05) is 0 Å². The van der Waals surface area contributed by atoms with E-state index in [9.17, 15) is 0 Å². The first-order chi connectivity index (χ1) is 6.56. The Morgan fingerprint density at radius 2 is 1.07 bits per heavy atom. The molecule has 0 aromatic heterocycles. The second-order valence-corrected chi connectivity index (χ2v) is 17.6. The Labute approximate surface area is 94.2 Å². The Morgan fingerprint density at radius 3 is 1.50 bits per heavy atom. The molecule has 0 bridgehead atoms. The standard InChI is InChI=1S/C13H30Ge/c1-5-6-7-8-9-10-11-12-13-14(2,3)4/h5-13H2,1-4H3. The zero-order valence-electron chi connectivity index (χ0n) is 10.9. The summed E-state index contributed by atoms with van der Waals surface area (Å²) in [7, 11) is 0. The van der Waals surface area contributed by atoms with Gasteiger partial charge in [0.05, 0.1) is 0 Å². The predicted octanol–water partition coefficient (Wildman–Crippen LogP) is 5.47. The zero-order valence-corrected chi connectivity index (χ0v) is 13.0. The molecule has 0 fully saturated rings. The number of unbranched alkanes of at least 4 members (excludes halogenated alkanes) is 7. The van der Waals surface area contributed by atoms with E-state index in [1.807, 2.05) is 0 Å². The summed E-state index contributed by atoms with van der Waals surface area (Å²) in [6.45, 7) is 2.29. The van der Waals surface area contributed by atoms with Gasteiger partial charge in [-0.3, -0.25) is 0 Å². The Balaban J connectivity index is 2.99. The summed E-state index contributed by atoms with van der Waals surface area (Å²) >= 11 is -1.19. The molecule has 0 N–H and O–H groups in total. The first kappa shape index (κ1) is 14.5. The molecule has 0 aliphatic heterocycles. The quantitative estimate of drug-likeness (QED) is 0.380. The van der Waals surface area contributed by atoms with Crippen LogP contribution < -0.4 is 0 Å². The monoisotopic (exact) mass is 260 g/mol. The van der Waals surface area contributed by atoms with E-state index in [1.165, 1.54) is 51.4 Å². The fourth-order valence-corrected chi connectivity index (χ4v) is 4.54. The molecule has 0 unspecified atom stereocenters. The van der Waals surface area contributed by atoms with Crippen molar-refractivity contribution in [1.29, 1.82) is 0 Å². The third-order valence-corrected chi connectivity index (χ3v) is 6.67. The van der Waals surface area contributed by atoms with Gasteiger partial charge in [0.1, 0.15) is 0 Å². The van der Waals surface area contributed by atoms with Crippen molar-refractivity contribution in [1.82, 2.24) is 0 Å². The molecule has 1 heteroatoms. The summed E-state index contributed by atoms with van der Waals surface area (Å²) in [5.74, 6) is 7.59. The molecule has 0 atom stereocenters. The van der Waals surface area contributed by atoms with Crippen LogP contribution in [-0.2, 0) is 0 Å². The summed E-state index contributed by atoms with van der Waals surface area (Å²) in [6, 6.07) is 0. The summed E-state index contributed by atoms with van der Waals surface area (Å²) in [5, 5.41) is 1.58. The molecular formula is C13H30Ge. The Kier molecular flexibility index (Phi) is 9.16. The van der Waals surface area contributed by atoms with Crippen LogP contribution in [0.3, 0.4) is 0 Å². The molecule has 14 heavy (non-hydrogen) atoms. The van der Waals surface area contributed by atoms with Crippen molar-refractivity contribution in [3.05, 3.63) is 0 Å². The molecule has 86 valence electrons. The molecule has 0 heterocycles. The average Bonchev–Trinajstić information content (AvgIpc) is 2.08. The van der Waals surface area contributed by atoms with Crippen LogP contribution in [0.1, 0.15) is 58.3 Å². The van der Waals surface area contributed by atoms with E-state index in [2.05, 4.69) is 24.2 Å². The van der Waals surface area contributed by atoms with E-state index < -0.39 is 13.3 Å². The van der Waals surface area contributed by atoms with Gasteiger partial charge in [0.15, 0.2) is 0 Å². The molecule has 0 aliphatic carbocycles. The first-order valence-electron chi connectivity index (χ1n) is 6.56. The van der Waals surface area contributed by atoms with Crippen LogP contribution in [0.5, 0.6) is 0 Å². The van der Waals surface area contributed by atoms with Gasteiger partial charge in [0.25, 0.3) is 0 Å². The molecule has 0 saturated carbocycles. The second-order valence-electron chi connectivity index (χ2n) is 5.79. The van der Waals surface area contributed by atoms with Crippen LogP contribution in [0.15, 0.2) is 0 Å². The van der Waals surface area contributed by atoms with Gasteiger partial charge in [-0.15, -0.1) is 0 Å². The van der Waals surface area contributed by atoms with Gasteiger partial charge in [0.2, 0.25) is 0 Å². The van der Waals surface area contributed by atoms with Crippen LogP contribution in [-0.4, -0.2) is 13.3 Å². The molecule has 0 amide bonds. The van der Waals surface area contributed by atoms with Crippen molar-refractivity contribution in [2.24, 2.45) is 0 Å². The van der Waals surface area contributed by atoms with Crippen LogP contribution in [0.25, 0.3) is 0 Å². The van der Waals surface area contributed by atoms with Gasteiger partial charge in [-0.25, -0.2) is 0 Å². The van der Waals surface area contributed by atoms with Crippen LogP contribution >= 0.6 is 0 Å². The second kappa shape index (κ2) is 8.82. The third-order valence-electron chi connectivity index (χ3n) is 2.78. The van der Waals surface area contributed by atoms with Gasteiger partial charge in [-0.1, -0.05) is 0 Å². The molecule has 0 aliphatic rings. The summed E-state index contributed by atoms with van der Waals surface area (Å²) in [5.41, 5.74) is 0. The third kappa shape index (κ3) is 12.5. The van der Waals surface area contributed by atoms with E-state index >= 15 is 0 Å². The predicted molar refractivity (Wildman–Crippen MR) is 70.8 cm³/mol. The van der Waals surface area contributed by atoms with E-state index in [1.54, 1.807) is 5.25 Å². The minimum absolute atomic E-state index is 1.19. The van der Waals surface area contributed by atoms with E-state index in [4.69, 9.17) is 0 Å². The van der Waals surface area contributed by atoms with Gasteiger partial charge in [-0.2, -0.15) is 0 Å². The summed E-state index contributed by atoms with van der Waals surface area (Å²) in [6.07, 6.45) is 11.7. The van der Waals surface area contributed by atoms with Crippen LogP contribution in [0.4, 0.5) is 0 Å². The van der Waals surface area contributed by atoms with Crippen LogP contribution in [0, 0.1) is 0 Å². The molecule has 0 radical (unpaired) electrons. The van der Waals surface area contributed by atoms with Crippen molar-refractivity contribution in [2.75, 3.05) is 0 Å². The van der Waals surface area contributed by atoms with Crippen LogP contribution in [0.2, 0.25) is 22.5 Å². The molecule has 0 spiro atoms. The molecule has 0 nitrogen and oxygen atoms in total. The van der Waals surface area contributed by atoms with Crippen molar-refractivity contribution < 1.29 is 0 Å². The molecule has 0 aromatic rings. The average molecular weight is 259 g/mol. The normalized spacial score (nSPS) is 12.0. The van der Waals surface area contributed by atoms with E-state index in [-0.39, 0.29) is 0 Å². The summed E-state index contributed by atoms with van der Waals surface area (Å²) in [4.78, 5) is 0. The fourth-order valence-electron chi connectivity index (χ4n) is 1.79. The SMILES string of the molecule is CCCCCCCCC[CH2][Ge]([CH3])([CH3])[CH3]. The molecule has 0 aromatic carbocycles. The maximum atomic E-state index is 2.53. The Morgan fingerprint density at radius 1 is 0.643 bits per heavy atom. The van der Waals surface area contributed by atoms with Crippen molar-refractivity contribution in [3.63, 3.8) is 0 Å². The van der Waals surface area contributed by atoms with Crippen molar-refractivity contribution >= 4 is 13.3 Å². The fraction of sp³-hybridized carbons (Fsp3) is 1.00. The van der Waals surface area contributed by atoms with Gasteiger partial charge >= 0.3 is 94.1 Å². The van der Waals surface area contributed by atoms with Crippen molar-refractivity contribution in [3.8, 4) is 0 Å². The molecule has 0 saturated heterocycles. The van der Waals surface area contributed by atoms with E-state index in [0.717, 1.165) is 0 Å². The number of rotatable bonds is 9. The van der Waals surface area contributed by atoms with E-state index in [0.29, 0.717) is 0 Å². The van der Waals surface area contributed by atoms with Gasteiger partial charge in [-0.05, 0) is 0 Å². The topological polar surface area (TPSA) is 0 Å². The Bertz CT molecular complexity index is 113.